The van der Waals surface area contributed by atoms with Crippen LogP contribution in [0.1, 0.15) is 60.6 Å². The van der Waals surface area contributed by atoms with Crippen molar-refractivity contribution < 1.29 is 27.3 Å². The SMILES string of the molecule is Cc1c(C(F)(F)F)nc2c(c1NC(=O)N=S(N)(=O)c1cnc(C(C)(C)O)s1)CCC2C. The van der Waals surface area contributed by atoms with E-state index in [1.165, 1.54) is 20.8 Å². The average Bonchev–Trinajstić information content (AvgIpc) is 3.23. The van der Waals surface area contributed by atoms with Crippen molar-refractivity contribution >= 4 is 33.0 Å². The molecule has 8 nitrogen and oxygen atoms in total. The van der Waals surface area contributed by atoms with Crippen LogP contribution in [0.2, 0.25) is 0 Å². The summed E-state index contributed by atoms with van der Waals surface area (Å²) in [7, 11) is -3.73. The molecule has 0 aromatic carbocycles. The Bertz CT molecular complexity index is 1160. The Morgan fingerprint density at radius 3 is 2.61 bits per heavy atom. The summed E-state index contributed by atoms with van der Waals surface area (Å²) in [5, 5.41) is 18.3. The molecule has 0 fully saturated rings. The first-order valence-corrected chi connectivity index (χ1v) is 11.7. The van der Waals surface area contributed by atoms with Crippen molar-refractivity contribution in [2.24, 2.45) is 9.50 Å². The number of urea groups is 1. The number of nitrogens with two attached hydrogens (primary N) is 1. The van der Waals surface area contributed by atoms with Crippen LogP contribution in [0.25, 0.3) is 0 Å². The molecule has 31 heavy (non-hydrogen) atoms. The van der Waals surface area contributed by atoms with Crippen LogP contribution in [0.3, 0.4) is 0 Å². The van der Waals surface area contributed by atoms with E-state index in [2.05, 4.69) is 19.6 Å². The number of alkyl halides is 3. The fourth-order valence-electron chi connectivity index (χ4n) is 3.32. The number of carbonyl (C=O) groups excluding carboxylic acids is 1. The van der Waals surface area contributed by atoms with Crippen LogP contribution in [0.15, 0.2) is 14.8 Å². The van der Waals surface area contributed by atoms with E-state index in [1.807, 2.05) is 0 Å². The third-order valence-electron chi connectivity index (χ3n) is 4.88. The minimum atomic E-state index is -4.70. The molecule has 1 aliphatic carbocycles. The summed E-state index contributed by atoms with van der Waals surface area (Å²) in [6.07, 6.45) is -2.51. The number of hydrogen-bond donors (Lipinski definition) is 3. The lowest BCUT2D eigenvalue weighted by atomic mass is 10.0. The first-order valence-electron chi connectivity index (χ1n) is 9.26. The van der Waals surface area contributed by atoms with Crippen LogP contribution in [-0.2, 0) is 28.1 Å². The number of carbonyl (C=O) groups is 1. The largest absolute Gasteiger partial charge is 0.433 e. The maximum absolute atomic E-state index is 13.5. The Morgan fingerprint density at radius 2 is 2.06 bits per heavy atom. The molecule has 0 aliphatic heterocycles. The van der Waals surface area contributed by atoms with Crippen molar-refractivity contribution in [3.05, 3.63) is 33.7 Å². The molecule has 2 amide bonds. The van der Waals surface area contributed by atoms with E-state index in [1.54, 1.807) is 6.92 Å². The van der Waals surface area contributed by atoms with Gasteiger partial charge in [-0.05, 0) is 45.1 Å². The predicted octanol–water partition coefficient (Wildman–Crippen LogP) is 4.08. The minimum Gasteiger partial charge on any atom is -0.383 e. The van der Waals surface area contributed by atoms with Gasteiger partial charge in [0, 0.05) is 11.3 Å². The number of nitrogens with zero attached hydrogens (tertiary/aromatic N) is 3. The maximum atomic E-state index is 13.5. The van der Waals surface area contributed by atoms with E-state index in [0.29, 0.717) is 18.4 Å². The molecule has 1 aliphatic rings. The molecule has 0 saturated carbocycles. The molecule has 2 aromatic heterocycles. The molecule has 2 aromatic rings. The van der Waals surface area contributed by atoms with Crippen LogP contribution in [-0.4, -0.2) is 25.3 Å². The van der Waals surface area contributed by atoms with E-state index in [0.717, 1.165) is 17.5 Å². The van der Waals surface area contributed by atoms with Crippen LogP contribution in [0, 0.1) is 6.92 Å². The number of thiazole rings is 1. The van der Waals surface area contributed by atoms with E-state index in [-0.39, 0.29) is 32.1 Å². The van der Waals surface area contributed by atoms with Gasteiger partial charge in [-0.2, -0.15) is 13.2 Å². The number of rotatable bonds is 3. The second-order valence-corrected chi connectivity index (χ2v) is 10.9. The molecule has 13 heteroatoms. The zero-order valence-electron chi connectivity index (χ0n) is 17.2. The summed E-state index contributed by atoms with van der Waals surface area (Å²) in [5.41, 5.74) is -1.88. The van der Waals surface area contributed by atoms with Crippen LogP contribution < -0.4 is 10.5 Å². The Hall–Kier alpha value is -2.09. The zero-order chi connectivity index (χ0) is 23.4. The quantitative estimate of drug-likeness (QED) is 0.613. The fourth-order valence-corrected chi connectivity index (χ4v) is 5.39. The van der Waals surface area contributed by atoms with E-state index in [4.69, 9.17) is 5.14 Å². The van der Waals surface area contributed by atoms with Crippen molar-refractivity contribution in [3.63, 3.8) is 0 Å². The Balaban J connectivity index is 2.00. The van der Waals surface area contributed by atoms with E-state index in [9.17, 15) is 27.3 Å². The summed E-state index contributed by atoms with van der Waals surface area (Å²) >= 11 is 0.830. The summed E-state index contributed by atoms with van der Waals surface area (Å²) in [4.78, 5) is 20.2. The number of aromatic nitrogens is 2. The standard InChI is InChI=1S/C18H22F3N5O3S2/c1-8-5-6-10-12(8)24-14(18(19,20)21)9(2)13(10)25-16(27)26-31(22,29)11-7-23-15(30-11)17(3,4)28/h7-8,28H,5-6H2,1-4H3,(H3,22,24,25,26,27,29). The molecule has 2 heterocycles. The number of aliphatic hydroxyl groups is 1. The van der Waals surface area contributed by atoms with Crippen LogP contribution >= 0.6 is 11.3 Å². The molecule has 0 spiro atoms. The lowest BCUT2D eigenvalue weighted by Crippen LogP contribution is -2.20. The van der Waals surface area contributed by atoms with Gasteiger partial charge in [0.05, 0.1) is 11.9 Å². The van der Waals surface area contributed by atoms with Gasteiger partial charge in [0.1, 0.15) is 20.5 Å². The van der Waals surface area contributed by atoms with Crippen LogP contribution in [0.4, 0.5) is 23.7 Å². The van der Waals surface area contributed by atoms with Gasteiger partial charge >= 0.3 is 12.2 Å². The monoisotopic (exact) mass is 477 g/mol. The number of amides is 2. The molecule has 2 unspecified atom stereocenters. The van der Waals surface area contributed by atoms with Gasteiger partial charge in [0.15, 0.2) is 9.92 Å². The first kappa shape index (κ1) is 23.6. The van der Waals surface area contributed by atoms with Crippen molar-refractivity contribution in [2.75, 3.05) is 5.32 Å². The van der Waals surface area contributed by atoms with Crippen LogP contribution in [0.5, 0.6) is 0 Å². The summed E-state index contributed by atoms with van der Waals surface area (Å²) in [5.74, 6) is -0.194. The highest BCUT2D eigenvalue weighted by Gasteiger charge is 2.39. The number of nitrogens with one attached hydrogen (secondary N) is 1. The molecule has 0 saturated heterocycles. The highest BCUT2D eigenvalue weighted by Crippen LogP contribution is 2.42. The number of pyridine rings is 1. The van der Waals surface area contributed by atoms with Crippen molar-refractivity contribution in [1.82, 2.24) is 9.97 Å². The van der Waals surface area contributed by atoms with Gasteiger partial charge < -0.3 is 10.4 Å². The number of fused-ring (bicyclic) bond motifs is 1. The van der Waals surface area contributed by atoms with Gasteiger partial charge in [-0.3, -0.25) is 0 Å². The molecule has 4 N–H and O–H groups in total. The average molecular weight is 478 g/mol. The van der Waals surface area contributed by atoms with Gasteiger partial charge in [-0.15, -0.1) is 15.7 Å². The maximum Gasteiger partial charge on any atom is 0.433 e. The Labute approximate surface area is 181 Å². The number of hydrogen-bond acceptors (Lipinski definition) is 6. The lowest BCUT2D eigenvalue weighted by Gasteiger charge is -2.18. The third kappa shape index (κ3) is 4.73. The highest BCUT2D eigenvalue weighted by molar-refractivity contribution is 7.93. The second-order valence-electron chi connectivity index (χ2n) is 7.90. The second kappa shape index (κ2) is 7.80. The molecule has 0 radical (unpaired) electrons. The van der Waals surface area contributed by atoms with E-state index >= 15 is 0 Å². The molecule has 3 rings (SSSR count). The van der Waals surface area contributed by atoms with Gasteiger partial charge in [0.25, 0.3) is 0 Å². The molecule has 0 bridgehead atoms. The smallest absolute Gasteiger partial charge is 0.383 e. The van der Waals surface area contributed by atoms with Crippen molar-refractivity contribution in [2.45, 2.75) is 62.4 Å². The van der Waals surface area contributed by atoms with Crippen molar-refractivity contribution in [3.8, 4) is 0 Å². The third-order valence-corrected chi connectivity index (χ3v) is 8.07. The summed E-state index contributed by atoms with van der Waals surface area (Å²) < 4.78 is 56.6. The Kier molecular flexibility index (Phi) is 5.93. The molecular formula is C18H22F3N5O3S2. The normalized spacial score (nSPS) is 18.4. The Morgan fingerprint density at radius 1 is 1.42 bits per heavy atom. The van der Waals surface area contributed by atoms with Crippen molar-refractivity contribution in [1.29, 1.82) is 0 Å². The molecule has 2 atom stereocenters. The van der Waals surface area contributed by atoms with Gasteiger partial charge in [-0.25, -0.2) is 24.1 Å². The summed E-state index contributed by atoms with van der Waals surface area (Å²) in [6, 6.07) is -1.14. The molecule has 170 valence electrons. The predicted molar refractivity (Wildman–Crippen MR) is 110 cm³/mol. The minimum absolute atomic E-state index is 0.0351. The summed E-state index contributed by atoms with van der Waals surface area (Å²) in [6.45, 7) is 5.93. The number of halogens is 3. The topological polar surface area (TPSA) is 131 Å². The van der Waals surface area contributed by atoms with E-state index < -0.39 is 33.4 Å². The number of anilines is 1. The van der Waals surface area contributed by atoms with Gasteiger partial charge in [0.2, 0.25) is 0 Å². The lowest BCUT2D eigenvalue weighted by molar-refractivity contribution is -0.141. The fraction of sp³-hybridized carbons (Fsp3) is 0.500. The molecular weight excluding hydrogens is 455 g/mol. The highest BCUT2D eigenvalue weighted by atomic mass is 32.2. The first-order chi connectivity index (χ1) is 14.1. The zero-order valence-corrected chi connectivity index (χ0v) is 18.8. The van der Waals surface area contributed by atoms with Gasteiger partial charge in [-0.1, -0.05) is 6.92 Å².